The Kier molecular flexibility index (Phi) is 4.98. The van der Waals surface area contributed by atoms with Gasteiger partial charge in [-0.15, -0.1) is 0 Å². The van der Waals surface area contributed by atoms with Crippen LogP contribution in [0.2, 0.25) is 0 Å². The van der Waals surface area contributed by atoms with Gasteiger partial charge in [-0.3, -0.25) is 0 Å². The second-order valence-corrected chi connectivity index (χ2v) is 13.6. The number of hydrogen-bond donors (Lipinski definition) is 0. The minimum Gasteiger partial charge on any atom is -0.456 e. The van der Waals surface area contributed by atoms with E-state index in [1.807, 2.05) is 72.8 Å². The standard InChI is InChI=1S/C56H37NO/c1-2-12-38(13-3-1)39-24-26-40(27-25-39)41-28-32-46(33-29-41)57(47-34-30-43(31-35-47)49-20-10-17-42-14-6-7-18-48(42)49)53-22-9-8-19-50(53)51-21-11-23-54-56(51)52-36-44-15-4-5-16-45(44)37-55(52)58-54/h1-37H/i1D,2D,3D,12D,13D,24D,25D,26D,27D,28D,29D,30D,31D,32D,33D,34D,35D. The van der Waals surface area contributed by atoms with Crippen molar-refractivity contribution in [3.8, 4) is 44.5 Å². The maximum atomic E-state index is 9.80. The van der Waals surface area contributed by atoms with Crippen LogP contribution in [0.1, 0.15) is 23.3 Å². The molecule has 0 bridgehead atoms. The highest BCUT2D eigenvalue weighted by atomic mass is 16.3. The lowest BCUT2D eigenvalue weighted by atomic mass is 9.95. The topological polar surface area (TPSA) is 16.4 Å². The largest absolute Gasteiger partial charge is 0.456 e. The Balaban J connectivity index is 1.21. The highest BCUT2D eigenvalue weighted by molar-refractivity contribution is 6.16. The van der Waals surface area contributed by atoms with Crippen LogP contribution >= 0.6 is 0 Å². The maximum absolute atomic E-state index is 9.80. The minimum absolute atomic E-state index is 0.0223. The highest BCUT2D eigenvalue weighted by Gasteiger charge is 2.21. The Bertz CT molecular complexity index is 4180. The van der Waals surface area contributed by atoms with Gasteiger partial charge in [-0.2, -0.15) is 0 Å². The van der Waals surface area contributed by atoms with Gasteiger partial charge < -0.3 is 9.32 Å². The van der Waals surface area contributed by atoms with Gasteiger partial charge in [0.05, 0.1) is 29.0 Å². The van der Waals surface area contributed by atoms with Crippen molar-refractivity contribution >= 4 is 60.5 Å². The second-order valence-electron chi connectivity index (χ2n) is 13.6. The molecule has 0 spiro atoms. The van der Waals surface area contributed by atoms with Crippen molar-refractivity contribution in [2.45, 2.75) is 0 Å². The quantitative estimate of drug-likeness (QED) is 0.161. The molecule has 0 fully saturated rings. The van der Waals surface area contributed by atoms with E-state index in [0.29, 0.717) is 38.6 Å². The number of nitrogens with zero attached hydrogens (tertiary/aromatic N) is 1. The van der Waals surface area contributed by atoms with Crippen LogP contribution in [0.5, 0.6) is 0 Å². The summed E-state index contributed by atoms with van der Waals surface area (Å²) in [7, 11) is 0. The van der Waals surface area contributed by atoms with E-state index in [0.717, 1.165) is 21.5 Å². The van der Waals surface area contributed by atoms with Crippen molar-refractivity contribution in [3.63, 3.8) is 0 Å². The average Bonchev–Trinajstić information content (AvgIpc) is 3.83. The first-order valence-corrected chi connectivity index (χ1v) is 18.5. The molecule has 11 aromatic rings. The van der Waals surface area contributed by atoms with E-state index in [4.69, 9.17) is 14.0 Å². The molecule has 0 aliphatic carbocycles. The summed E-state index contributed by atoms with van der Waals surface area (Å²) >= 11 is 0. The van der Waals surface area contributed by atoms with Gasteiger partial charge in [-0.25, -0.2) is 0 Å². The van der Waals surface area contributed by atoms with Crippen molar-refractivity contribution in [1.82, 2.24) is 0 Å². The summed E-state index contributed by atoms with van der Waals surface area (Å²) in [6, 6.07) is 23.6. The van der Waals surface area contributed by atoms with Crippen molar-refractivity contribution in [2.24, 2.45) is 0 Å². The van der Waals surface area contributed by atoms with Crippen LogP contribution in [0.25, 0.3) is 88.0 Å². The van der Waals surface area contributed by atoms with Gasteiger partial charge in [-0.05, 0) is 109 Å². The smallest absolute Gasteiger partial charge is 0.136 e. The summed E-state index contributed by atoms with van der Waals surface area (Å²) < 4.78 is 162. The summed E-state index contributed by atoms with van der Waals surface area (Å²) in [6.07, 6.45) is 0. The van der Waals surface area contributed by atoms with Crippen LogP contribution in [0.4, 0.5) is 17.1 Å². The van der Waals surface area contributed by atoms with E-state index in [1.54, 1.807) is 48.5 Å². The van der Waals surface area contributed by atoms with E-state index in [9.17, 15) is 13.7 Å². The summed E-state index contributed by atoms with van der Waals surface area (Å²) in [5.74, 6) is 0. The van der Waals surface area contributed by atoms with E-state index in [1.165, 1.54) is 4.90 Å². The lowest BCUT2D eigenvalue weighted by molar-refractivity contribution is 0.669. The molecule has 58 heavy (non-hydrogen) atoms. The second kappa shape index (κ2) is 14.1. The Morgan fingerprint density at radius 2 is 0.879 bits per heavy atom. The number of hydrogen-bond acceptors (Lipinski definition) is 2. The molecule has 11 rings (SSSR count). The minimum atomic E-state index is -0.884. The normalized spacial score (nSPS) is 15.6. The molecule has 1 aromatic heterocycles. The summed E-state index contributed by atoms with van der Waals surface area (Å²) in [5.41, 5.74) is -0.988. The Morgan fingerprint density at radius 1 is 0.362 bits per heavy atom. The number of rotatable bonds is 7. The summed E-state index contributed by atoms with van der Waals surface area (Å²) in [6.45, 7) is 0. The molecular formula is C56H37NO. The van der Waals surface area contributed by atoms with Crippen LogP contribution in [0.3, 0.4) is 0 Å². The number of para-hydroxylation sites is 1. The summed E-state index contributed by atoms with van der Waals surface area (Å²) in [4.78, 5) is 1.17. The molecule has 0 unspecified atom stereocenters. The third-order valence-electron chi connectivity index (χ3n) is 10.2. The van der Waals surface area contributed by atoms with E-state index in [-0.39, 0.29) is 11.3 Å². The molecule has 2 heteroatoms. The number of anilines is 3. The van der Waals surface area contributed by atoms with Gasteiger partial charge in [0.15, 0.2) is 0 Å². The van der Waals surface area contributed by atoms with Crippen molar-refractivity contribution in [2.75, 3.05) is 4.90 Å². The van der Waals surface area contributed by atoms with Gasteiger partial charge in [0.2, 0.25) is 0 Å². The predicted molar refractivity (Wildman–Crippen MR) is 245 cm³/mol. The Morgan fingerprint density at radius 3 is 1.60 bits per heavy atom. The molecule has 0 atom stereocenters. The van der Waals surface area contributed by atoms with Gasteiger partial charge in [0.1, 0.15) is 11.2 Å². The van der Waals surface area contributed by atoms with Crippen molar-refractivity contribution < 1.29 is 27.7 Å². The SMILES string of the molecule is [2H]c1c([2H])c([2H])c(-c2c([2H])c([2H])c(-c3c([2H])c([2H])c(N(c4ccccc4-c4cccc5oc6cc7ccccc7cc6c45)c4c([2H])c([2H])c(-c5cccc6ccccc56)c([2H])c4[2H])c([2H])c3[2H])c([2H])c2[2H])c([2H])c1[2H]. The number of fused-ring (bicyclic) bond motifs is 5. The molecular weight excluding hydrogens is 703 g/mol. The molecule has 0 aliphatic heterocycles. The molecule has 0 aliphatic rings. The Labute approximate surface area is 361 Å². The first-order valence-electron chi connectivity index (χ1n) is 27.0. The third kappa shape index (κ3) is 5.91. The zero-order valence-corrected chi connectivity index (χ0v) is 30.4. The third-order valence-corrected chi connectivity index (χ3v) is 10.2. The Hall–Kier alpha value is -7.68. The molecule has 0 N–H and O–H groups in total. The maximum Gasteiger partial charge on any atom is 0.136 e. The molecule has 0 amide bonds. The lowest BCUT2D eigenvalue weighted by Crippen LogP contribution is -2.11. The van der Waals surface area contributed by atoms with Crippen molar-refractivity contribution in [1.29, 1.82) is 0 Å². The number of furan rings is 1. The van der Waals surface area contributed by atoms with Gasteiger partial charge in [0.25, 0.3) is 0 Å². The van der Waals surface area contributed by atoms with Crippen LogP contribution < -0.4 is 4.90 Å². The number of benzene rings is 10. The molecule has 10 aromatic carbocycles. The van der Waals surface area contributed by atoms with E-state index < -0.39 is 136 Å². The first-order chi connectivity index (χ1) is 35.8. The fraction of sp³-hybridized carbons (Fsp3) is 0. The molecule has 1 heterocycles. The lowest BCUT2D eigenvalue weighted by Gasteiger charge is -2.28. The van der Waals surface area contributed by atoms with Gasteiger partial charge >= 0.3 is 0 Å². The van der Waals surface area contributed by atoms with Crippen LogP contribution in [0.15, 0.2) is 228 Å². The van der Waals surface area contributed by atoms with Crippen LogP contribution in [-0.4, -0.2) is 0 Å². The first kappa shape index (κ1) is 20.5. The van der Waals surface area contributed by atoms with Gasteiger partial charge in [-0.1, -0.05) is 176 Å². The van der Waals surface area contributed by atoms with E-state index in [2.05, 4.69) is 0 Å². The van der Waals surface area contributed by atoms with Crippen LogP contribution in [0, 0.1) is 0 Å². The van der Waals surface area contributed by atoms with Crippen LogP contribution in [-0.2, 0) is 0 Å². The fourth-order valence-electron chi connectivity index (χ4n) is 7.46. The predicted octanol–water partition coefficient (Wildman–Crippen LogP) is 16.0. The molecule has 272 valence electrons. The molecule has 0 saturated heterocycles. The van der Waals surface area contributed by atoms with Crippen molar-refractivity contribution in [3.05, 3.63) is 224 Å². The average molecular weight is 757 g/mol. The highest BCUT2D eigenvalue weighted by Crippen LogP contribution is 2.46. The zero-order valence-electron chi connectivity index (χ0n) is 47.4. The summed E-state index contributed by atoms with van der Waals surface area (Å²) in [5, 5.41) is 4.74. The fourth-order valence-corrected chi connectivity index (χ4v) is 7.46. The molecule has 2 nitrogen and oxygen atoms in total. The molecule has 0 radical (unpaired) electrons. The monoisotopic (exact) mass is 756 g/mol. The zero-order chi connectivity index (χ0) is 53.2. The van der Waals surface area contributed by atoms with E-state index >= 15 is 0 Å². The van der Waals surface area contributed by atoms with Gasteiger partial charge in [0, 0.05) is 27.7 Å². The molecule has 0 saturated carbocycles.